The second kappa shape index (κ2) is 9.96. The Bertz CT molecular complexity index is 948. The summed E-state index contributed by atoms with van der Waals surface area (Å²) in [6.07, 6.45) is 0. The highest BCUT2D eigenvalue weighted by atomic mass is 35.5. The van der Waals surface area contributed by atoms with Gasteiger partial charge >= 0.3 is 0 Å². The SMILES string of the molecule is COC[C@H](C)NC(=O)CN(c1ccc(Cl)cc1)S(=O)(=O)c1cc(C)ccc1OC. The van der Waals surface area contributed by atoms with E-state index in [2.05, 4.69) is 5.32 Å². The first kappa shape index (κ1) is 23.0. The van der Waals surface area contributed by atoms with E-state index in [0.29, 0.717) is 17.3 Å². The van der Waals surface area contributed by atoms with Crippen molar-refractivity contribution in [2.75, 3.05) is 31.7 Å². The van der Waals surface area contributed by atoms with Gasteiger partial charge in [-0.05, 0) is 55.8 Å². The number of hydrogen-bond donors (Lipinski definition) is 1. The van der Waals surface area contributed by atoms with Gasteiger partial charge in [-0.25, -0.2) is 8.42 Å². The molecule has 2 rings (SSSR count). The molecule has 1 atom stereocenters. The number of rotatable bonds is 9. The van der Waals surface area contributed by atoms with Gasteiger partial charge in [0.2, 0.25) is 5.91 Å². The lowest BCUT2D eigenvalue weighted by Crippen LogP contribution is -2.44. The molecule has 0 aliphatic heterocycles. The Hall–Kier alpha value is -2.29. The monoisotopic (exact) mass is 440 g/mol. The molecule has 29 heavy (non-hydrogen) atoms. The lowest BCUT2D eigenvalue weighted by atomic mass is 10.2. The van der Waals surface area contributed by atoms with Crippen LogP contribution in [0.25, 0.3) is 0 Å². The lowest BCUT2D eigenvalue weighted by molar-refractivity contribution is -0.120. The number of carbonyl (C=O) groups is 1. The summed E-state index contributed by atoms with van der Waals surface area (Å²) in [6, 6.07) is 10.8. The van der Waals surface area contributed by atoms with Gasteiger partial charge in [-0.15, -0.1) is 0 Å². The summed E-state index contributed by atoms with van der Waals surface area (Å²) in [5.41, 5.74) is 1.06. The van der Waals surface area contributed by atoms with Gasteiger partial charge in [0.15, 0.2) is 0 Å². The second-order valence-electron chi connectivity index (χ2n) is 6.57. The first-order chi connectivity index (χ1) is 13.7. The average Bonchev–Trinajstić information content (AvgIpc) is 2.67. The number of aryl methyl sites for hydroxylation is 1. The fourth-order valence-corrected chi connectivity index (χ4v) is 4.56. The summed E-state index contributed by atoms with van der Waals surface area (Å²) >= 11 is 5.94. The van der Waals surface area contributed by atoms with Crippen LogP contribution in [0.2, 0.25) is 5.02 Å². The van der Waals surface area contributed by atoms with Crippen molar-refractivity contribution in [3.8, 4) is 5.75 Å². The highest BCUT2D eigenvalue weighted by molar-refractivity contribution is 7.93. The molecular formula is C20H25ClN2O5S. The summed E-state index contributed by atoms with van der Waals surface area (Å²) < 4.78 is 38.3. The van der Waals surface area contributed by atoms with E-state index >= 15 is 0 Å². The Morgan fingerprint density at radius 2 is 1.83 bits per heavy atom. The fourth-order valence-electron chi connectivity index (χ4n) is 2.77. The smallest absolute Gasteiger partial charge is 0.268 e. The lowest BCUT2D eigenvalue weighted by Gasteiger charge is -2.26. The van der Waals surface area contributed by atoms with Gasteiger partial charge in [0.05, 0.1) is 19.4 Å². The van der Waals surface area contributed by atoms with Gasteiger partial charge in [-0.1, -0.05) is 17.7 Å². The van der Waals surface area contributed by atoms with Crippen molar-refractivity contribution in [1.82, 2.24) is 5.32 Å². The van der Waals surface area contributed by atoms with Crippen molar-refractivity contribution in [3.63, 3.8) is 0 Å². The maximum atomic E-state index is 13.5. The summed E-state index contributed by atoms with van der Waals surface area (Å²) in [6.45, 7) is 3.45. The fraction of sp³-hybridized carbons (Fsp3) is 0.350. The topological polar surface area (TPSA) is 84.9 Å². The van der Waals surface area contributed by atoms with Crippen molar-refractivity contribution < 1.29 is 22.7 Å². The molecule has 0 aliphatic rings. The molecule has 0 aliphatic carbocycles. The molecule has 0 spiro atoms. The van der Waals surface area contributed by atoms with Crippen LogP contribution in [-0.2, 0) is 19.6 Å². The van der Waals surface area contributed by atoms with E-state index < -0.39 is 22.5 Å². The van der Waals surface area contributed by atoms with E-state index in [4.69, 9.17) is 21.1 Å². The number of sulfonamides is 1. The highest BCUT2D eigenvalue weighted by Gasteiger charge is 2.30. The minimum Gasteiger partial charge on any atom is -0.495 e. The molecule has 0 radical (unpaired) electrons. The van der Waals surface area contributed by atoms with Crippen LogP contribution in [0, 0.1) is 6.92 Å². The molecule has 0 heterocycles. The van der Waals surface area contributed by atoms with Crippen molar-refractivity contribution >= 4 is 33.2 Å². The van der Waals surface area contributed by atoms with Crippen LogP contribution in [0.3, 0.4) is 0 Å². The van der Waals surface area contributed by atoms with E-state index in [-0.39, 0.29) is 16.7 Å². The van der Waals surface area contributed by atoms with Crippen LogP contribution in [-0.4, -0.2) is 47.7 Å². The van der Waals surface area contributed by atoms with Crippen LogP contribution in [0.4, 0.5) is 5.69 Å². The minimum atomic E-state index is -4.10. The molecule has 1 N–H and O–H groups in total. The highest BCUT2D eigenvalue weighted by Crippen LogP contribution is 2.31. The quantitative estimate of drug-likeness (QED) is 0.647. The molecule has 0 saturated heterocycles. The number of ether oxygens (including phenoxy) is 2. The van der Waals surface area contributed by atoms with Gasteiger partial charge in [-0.3, -0.25) is 9.10 Å². The molecule has 2 aromatic rings. The third-order valence-electron chi connectivity index (χ3n) is 4.11. The van der Waals surface area contributed by atoms with Gasteiger partial charge in [0.1, 0.15) is 17.2 Å². The number of benzene rings is 2. The molecule has 0 saturated carbocycles. The number of hydrogen-bond acceptors (Lipinski definition) is 5. The third kappa shape index (κ3) is 5.85. The Kier molecular flexibility index (Phi) is 7.89. The van der Waals surface area contributed by atoms with Crippen molar-refractivity contribution in [3.05, 3.63) is 53.1 Å². The number of nitrogens with one attached hydrogen (secondary N) is 1. The molecule has 0 unspecified atom stereocenters. The Morgan fingerprint density at radius 1 is 1.17 bits per heavy atom. The van der Waals surface area contributed by atoms with Crippen LogP contribution in [0.15, 0.2) is 47.4 Å². The number of amides is 1. The largest absolute Gasteiger partial charge is 0.495 e. The molecule has 9 heteroatoms. The van der Waals surface area contributed by atoms with Crippen molar-refractivity contribution in [2.45, 2.75) is 24.8 Å². The summed E-state index contributed by atoms with van der Waals surface area (Å²) in [5.74, 6) is -0.262. The number of nitrogens with zero attached hydrogens (tertiary/aromatic N) is 1. The number of halogens is 1. The predicted octanol–water partition coefficient (Wildman–Crippen LogP) is 3.00. The van der Waals surface area contributed by atoms with Crippen LogP contribution >= 0.6 is 11.6 Å². The molecule has 7 nitrogen and oxygen atoms in total. The normalized spacial score (nSPS) is 12.3. The standard InChI is InChI=1S/C20H25ClN2O5S/c1-14-5-10-18(28-4)19(11-14)29(25,26)23(17-8-6-16(21)7-9-17)12-20(24)22-15(2)13-27-3/h5-11,15H,12-13H2,1-4H3,(H,22,24)/t15-/m0/s1. The van der Waals surface area contributed by atoms with Gasteiger partial charge in [0.25, 0.3) is 10.0 Å². The number of carbonyl (C=O) groups excluding carboxylic acids is 1. The van der Waals surface area contributed by atoms with Crippen LogP contribution in [0.5, 0.6) is 5.75 Å². The second-order valence-corrected chi connectivity index (χ2v) is 8.83. The van der Waals surface area contributed by atoms with Crippen LogP contribution in [0.1, 0.15) is 12.5 Å². The minimum absolute atomic E-state index is 0.0207. The van der Waals surface area contributed by atoms with E-state index in [9.17, 15) is 13.2 Å². The maximum Gasteiger partial charge on any atom is 0.268 e. The maximum absolute atomic E-state index is 13.5. The summed E-state index contributed by atoms with van der Waals surface area (Å²) in [4.78, 5) is 12.5. The number of methoxy groups -OCH3 is 2. The van der Waals surface area contributed by atoms with Crippen molar-refractivity contribution in [2.24, 2.45) is 0 Å². The Morgan fingerprint density at radius 3 is 2.41 bits per heavy atom. The molecule has 0 fully saturated rings. The third-order valence-corrected chi connectivity index (χ3v) is 6.16. The molecular weight excluding hydrogens is 416 g/mol. The van der Waals surface area contributed by atoms with Crippen molar-refractivity contribution in [1.29, 1.82) is 0 Å². The van der Waals surface area contributed by atoms with Gasteiger partial charge in [-0.2, -0.15) is 0 Å². The Balaban J connectivity index is 2.48. The average molecular weight is 441 g/mol. The summed E-state index contributed by atoms with van der Waals surface area (Å²) in [7, 11) is -1.18. The zero-order valence-electron chi connectivity index (χ0n) is 16.8. The van der Waals surface area contributed by atoms with Gasteiger partial charge < -0.3 is 14.8 Å². The summed E-state index contributed by atoms with van der Waals surface area (Å²) in [5, 5.41) is 3.18. The zero-order chi connectivity index (χ0) is 21.6. The molecule has 158 valence electrons. The first-order valence-corrected chi connectivity index (χ1v) is 10.7. The van der Waals surface area contributed by atoms with E-state index in [1.807, 2.05) is 0 Å². The first-order valence-electron chi connectivity index (χ1n) is 8.90. The molecule has 0 bridgehead atoms. The molecule has 0 aromatic heterocycles. The van der Waals surface area contributed by atoms with Crippen LogP contribution < -0.4 is 14.4 Å². The van der Waals surface area contributed by atoms with E-state index in [0.717, 1.165) is 9.87 Å². The van der Waals surface area contributed by atoms with E-state index in [1.165, 1.54) is 20.3 Å². The molecule has 2 aromatic carbocycles. The van der Waals surface area contributed by atoms with Gasteiger partial charge in [0, 0.05) is 18.2 Å². The Labute approximate surface area is 176 Å². The molecule has 1 amide bonds. The number of anilines is 1. The zero-order valence-corrected chi connectivity index (χ0v) is 18.4. The predicted molar refractivity (Wildman–Crippen MR) is 113 cm³/mol. The van der Waals surface area contributed by atoms with E-state index in [1.54, 1.807) is 50.2 Å².